The number of benzene rings is 2. The van der Waals surface area contributed by atoms with Gasteiger partial charge in [0, 0.05) is 10.3 Å². The highest BCUT2D eigenvalue weighted by Crippen LogP contribution is 2.28. The molecule has 0 aliphatic rings. The summed E-state index contributed by atoms with van der Waals surface area (Å²) in [4.78, 5) is 13.0. The molecule has 3 rings (SSSR count). The van der Waals surface area contributed by atoms with Crippen LogP contribution in [0.15, 0.2) is 48.5 Å². The fourth-order valence-corrected chi connectivity index (χ4v) is 2.98. The van der Waals surface area contributed by atoms with E-state index in [1.54, 1.807) is 12.1 Å². The van der Waals surface area contributed by atoms with Crippen LogP contribution in [-0.4, -0.2) is 5.78 Å². The van der Waals surface area contributed by atoms with Crippen LogP contribution in [-0.2, 0) is 0 Å². The van der Waals surface area contributed by atoms with Crippen molar-refractivity contribution in [1.82, 2.24) is 0 Å². The standard InChI is InChI=1S/C16H11FOS/c1-10-2-4-11(5-3-10)16(18)15-9-12-8-13(17)6-7-14(12)19-15/h2-9H,1H3. The van der Waals surface area contributed by atoms with Crippen LogP contribution in [0.3, 0.4) is 0 Å². The van der Waals surface area contributed by atoms with Gasteiger partial charge < -0.3 is 0 Å². The van der Waals surface area contributed by atoms with Crippen molar-refractivity contribution in [2.75, 3.05) is 0 Å². The van der Waals surface area contributed by atoms with Crippen LogP contribution in [0.4, 0.5) is 4.39 Å². The second-order valence-electron chi connectivity index (χ2n) is 4.49. The van der Waals surface area contributed by atoms with Gasteiger partial charge in [0.15, 0.2) is 0 Å². The molecule has 1 aromatic heterocycles. The van der Waals surface area contributed by atoms with Gasteiger partial charge in [0.2, 0.25) is 5.78 Å². The molecular weight excluding hydrogens is 259 g/mol. The Labute approximate surface area is 114 Å². The number of ketones is 1. The first-order chi connectivity index (χ1) is 9.13. The van der Waals surface area contributed by atoms with E-state index >= 15 is 0 Å². The maximum atomic E-state index is 13.1. The lowest BCUT2D eigenvalue weighted by atomic mass is 10.1. The Bertz CT molecular complexity index is 756. The molecule has 0 aliphatic heterocycles. The van der Waals surface area contributed by atoms with Crippen molar-refractivity contribution in [3.05, 3.63) is 70.4 Å². The topological polar surface area (TPSA) is 17.1 Å². The molecule has 0 atom stereocenters. The highest BCUT2D eigenvalue weighted by molar-refractivity contribution is 7.21. The summed E-state index contributed by atoms with van der Waals surface area (Å²) in [5.41, 5.74) is 1.78. The molecule has 3 aromatic rings. The number of fused-ring (bicyclic) bond motifs is 1. The lowest BCUT2D eigenvalue weighted by Gasteiger charge is -1.98. The molecule has 0 amide bonds. The van der Waals surface area contributed by atoms with E-state index in [-0.39, 0.29) is 11.6 Å². The highest BCUT2D eigenvalue weighted by atomic mass is 32.1. The first kappa shape index (κ1) is 12.1. The summed E-state index contributed by atoms with van der Waals surface area (Å²) in [5, 5.41) is 0.778. The average molecular weight is 270 g/mol. The maximum absolute atomic E-state index is 13.1. The molecule has 3 heteroatoms. The molecule has 0 radical (unpaired) electrons. The molecule has 1 nitrogen and oxygen atoms in total. The lowest BCUT2D eigenvalue weighted by Crippen LogP contribution is -1.97. The minimum Gasteiger partial charge on any atom is -0.288 e. The zero-order valence-corrected chi connectivity index (χ0v) is 11.1. The van der Waals surface area contributed by atoms with Crippen LogP contribution in [0.5, 0.6) is 0 Å². The minimum absolute atomic E-state index is 0.0124. The van der Waals surface area contributed by atoms with E-state index in [4.69, 9.17) is 0 Å². The second-order valence-corrected chi connectivity index (χ2v) is 5.57. The van der Waals surface area contributed by atoms with Gasteiger partial charge in [0.1, 0.15) is 5.82 Å². The molecule has 0 spiro atoms. The predicted molar refractivity (Wildman–Crippen MR) is 76.4 cm³/mol. The summed E-state index contributed by atoms with van der Waals surface area (Å²) < 4.78 is 14.1. The summed E-state index contributed by atoms with van der Waals surface area (Å²) in [6.07, 6.45) is 0. The van der Waals surface area contributed by atoms with Crippen LogP contribution in [0.25, 0.3) is 10.1 Å². The van der Waals surface area contributed by atoms with E-state index in [0.717, 1.165) is 15.6 Å². The van der Waals surface area contributed by atoms with Crippen molar-refractivity contribution in [1.29, 1.82) is 0 Å². The third kappa shape index (κ3) is 2.29. The number of thiophene rings is 1. The van der Waals surface area contributed by atoms with Gasteiger partial charge >= 0.3 is 0 Å². The zero-order valence-electron chi connectivity index (χ0n) is 10.3. The van der Waals surface area contributed by atoms with Gasteiger partial charge in [-0.25, -0.2) is 4.39 Å². The predicted octanol–water partition coefficient (Wildman–Crippen LogP) is 4.58. The largest absolute Gasteiger partial charge is 0.288 e. The Balaban J connectivity index is 2.04. The van der Waals surface area contributed by atoms with Crippen LogP contribution in [0.1, 0.15) is 20.8 Å². The third-order valence-electron chi connectivity index (χ3n) is 3.02. The molecular formula is C16H11FOS. The van der Waals surface area contributed by atoms with Gasteiger partial charge in [-0.2, -0.15) is 0 Å². The molecule has 1 heterocycles. The van der Waals surface area contributed by atoms with Crippen molar-refractivity contribution in [3.63, 3.8) is 0 Å². The van der Waals surface area contributed by atoms with Gasteiger partial charge in [0.05, 0.1) is 4.88 Å². The van der Waals surface area contributed by atoms with Crippen molar-refractivity contribution >= 4 is 27.2 Å². The molecule has 94 valence electrons. The molecule has 0 saturated carbocycles. The molecule has 0 aliphatic carbocycles. The smallest absolute Gasteiger partial charge is 0.202 e. The van der Waals surface area contributed by atoms with Gasteiger partial charge in [0.25, 0.3) is 0 Å². The van der Waals surface area contributed by atoms with Crippen LogP contribution >= 0.6 is 11.3 Å². The number of aryl methyl sites for hydroxylation is 1. The van der Waals surface area contributed by atoms with Crippen LogP contribution in [0.2, 0.25) is 0 Å². The van der Waals surface area contributed by atoms with E-state index < -0.39 is 0 Å². The average Bonchev–Trinajstić information content (AvgIpc) is 2.81. The Morgan fingerprint density at radius 3 is 2.53 bits per heavy atom. The lowest BCUT2D eigenvalue weighted by molar-refractivity contribution is 0.104. The molecule has 0 bridgehead atoms. The summed E-state index contributed by atoms with van der Waals surface area (Å²) in [6.45, 7) is 1.98. The highest BCUT2D eigenvalue weighted by Gasteiger charge is 2.12. The molecule has 0 saturated heterocycles. The SMILES string of the molecule is Cc1ccc(C(=O)c2cc3cc(F)ccc3s2)cc1. The number of carbonyl (C=O) groups excluding carboxylic acids is 1. The summed E-state index contributed by atoms with van der Waals surface area (Å²) in [5.74, 6) is -0.291. The monoisotopic (exact) mass is 270 g/mol. The van der Waals surface area contributed by atoms with Crippen LogP contribution in [0, 0.1) is 12.7 Å². The van der Waals surface area contributed by atoms with Gasteiger partial charge in [-0.15, -0.1) is 11.3 Å². The molecule has 0 unspecified atom stereocenters. The second kappa shape index (κ2) is 4.59. The Morgan fingerprint density at radius 2 is 1.79 bits per heavy atom. The molecule has 19 heavy (non-hydrogen) atoms. The van der Waals surface area contributed by atoms with Gasteiger partial charge in [-0.1, -0.05) is 29.8 Å². The summed E-state index contributed by atoms with van der Waals surface area (Å²) >= 11 is 1.40. The fourth-order valence-electron chi connectivity index (χ4n) is 1.97. The number of carbonyl (C=O) groups is 1. The molecule has 0 fully saturated rings. The van der Waals surface area contributed by atoms with E-state index in [9.17, 15) is 9.18 Å². The third-order valence-corrected chi connectivity index (χ3v) is 4.13. The van der Waals surface area contributed by atoms with E-state index in [0.29, 0.717) is 10.4 Å². The van der Waals surface area contributed by atoms with Crippen LogP contribution < -0.4 is 0 Å². The summed E-state index contributed by atoms with van der Waals surface area (Å²) in [7, 11) is 0. The number of halogens is 1. The van der Waals surface area contributed by atoms with E-state index in [1.165, 1.54) is 23.5 Å². The van der Waals surface area contributed by atoms with Gasteiger partial charge in [-0.3, -0.25) is 4.79 Å². The number of hydrogen-bond acceptors (Lipinski definition) is 2. The van der Waals surface area contributed by atoms with Crippen molar-refractivity contribution in [3.8, 4) is 0 Å². The maximum Gasteiger partial charge on any atom is 0.202 e. The Morgan fingerprint density at radius 1 is 1.05 bits per heavy atom. The normalized spacial score (nSPS) is 10.8. The van der Waals surface area contributed by atoms with E-state index in [1.807, 2.05) is 31.2 Å². The minimum atomic E-state index is -0.278. The summed E-state index contributed by atoms with van der Waals surface area (Å²) in [6, 6.07) is 13.8. The van der Waals surface area contributed by atoms with Gasteiger partial charge in [-0.05, 0) is 36.6 Å². The zero-order chi connectivity index (χ0) is 13.4. The first-order valence-corrected chi connectivity index (χ1v) is 6.75. The quantitative estimate of drug-likeness (QED) is 0.623. The molecule has 2 aromatic carbocycles. The van der Waals surface area contributed by atoms with Crippen molar-refractivity contribution in [2.45, 2.75) is 6.92 Å². The Hall–Kier alpha value is -2.00. The van der Waals surface area contributed by atoms with E-state index in [2.05, 4.69) is 0 Å². The van der Waals surface area contributed by atoms with Crippen molar-refractivity contribution in [2.24, 2.45) is 0 Å². The fraction of sp³-hybridized carbons (Fsp3) is 0.0625. The molecule has 0 N–H and O–H groups in total. The number of hydrogen-bond donors (Lipinski definition) is 0. The number of rotatable bonds is 2. The first-order valence-electron chi connectivity index (χ1n) is 5.94. The van der Waals surface area contributed by atoms with Crippen molar-refractivity contribution < 1.29 is 9.18 Å². The Kier molecular flexibility index (Phi) is 2.91.